The maximum Gasteiger partial charge on any atom is 0.0719 e. The van der Waals surface area contributed by atoms with Crippen molar-refractivity contribution >= 4 is 28.8 Å². The highest BCUT2D eigenvalue weighted by Gasteiger charge is 2.12. The van der Waals surface area contributed by atoms with Crippen LogP contribution in [0, 0.1) is 5.92 Å². The predicted octanol–water partition coefficient (Wildman–Crippen LogP) is 3.87. The monoisotopic (exact) mass is 293 g/mol. The molecule has 0 aromatic heterocycles. The summed E-state index contributed by atoms with van der Waals surface area (Å²) in [4.78, 5) is 4.39. The highest BCUT2D eigenvalue weighted by molar-refractivity contribution is 14.1. The van der Waals surface area contributed by atoms with Crippen molar-refractivity contribution in [1.82, 2.24) is 0 Å². The van der Waals surface area contributed by atoms with E-state index in [1.807, 2.05) is 6.21 Å². The Morgan fingerprint density at radius 2 is 1.77 bits per heavy atom. The molecule has 0 heterocycles. The summed E-state index contributed by atoms with van der Waals surface area (Å²) in [6.07, 6.45) is 6.46. The average Bonchev–Trinajstić information content (AvgIpc) is 1.98. The molecule has 13 heavy (non-hydrogen) atoms. The van der Waals surface area contributed by atoms with Gasteiger partial charge >= 0.3 is 0 Å². The topological polar surface area (TPSA) is 12.4 Å². The normalized spacial score (nSPS) is 17.8. The molecule has 0 aromatic rings. The van der Waals surface area contributed by atoms with Gasteiger partial charge in [0, 0.05) is 12.3 Å². The van der Waals surface area contributed by atoms with E-state index in [0.29, 0.717) is 12.0 Å². The fourth-order valence-electron chi connectivity index (χ4n) is 0.718. The first-order valence-electron chi connectivity index (χ1n) is 4.76. The lowest BCUT2D eigenvalue weighted by atomic mass is 10.1. The number of rotatable bonds is 4. The minimum absolute atomic E-state index is 0.0618. The Balaban J connectivity index is 4.23. The lowest BCUT2D eigenvalue weighted by Gasteiger charge is -2.12. The van der Waals surface area contributed by atoms with E-state index in [0.717, 1.165) is 0 Å². The van der Waals surface area contributed by atoms with E-state index in [1.54, 1.807) is 0 Å². The third-order valence-electron chi connectivity index (χ3n) is 1.43. The number of hydrogen-bond acceptors (Lipinski definition) is 1. The van der Waals surface area contributed by atoms with Gasteiger partial charge in [0.2, 0.25) is 0 Å². The van der Waals surface area contributed by atoms with Crippen LogP contribution in [0.2, 0.25) is 0 Å². The van der Waals surface area contributed by atoms with Crippen LogP contribution < -0.4 is 0 Å². The van der Waals surface area contributed by atoms with Crippen molar-refractivity contribution in [3.63, 3.8) is 0 Å². The molecule has 0 spiro atoms. The molecule has 0 fully saturated rings. The van der Waals surface area contributed by atoms with Crippen molar-refractivity contribution in [3.05, 3.63) is 12.2 Å². The summed E-state index contributed by atoms with van der Waals surface area (Å²) < 4.78 is 0.0618. The first-order valence-corrected chi connectivity index (χ1v) is 5.84. The Bertz CT molecular complexity index is 170. The first kappa shape index (κ1) is 13.1. The zero-order valence-electron chi connectivity index (χ0n) is 9.21. The predicted molar refractivity (Wildman–Crippen MR) is 70.0 cm³/mol. The molecule has 0 amide bonds. The molecular formula is C11H20IN. The summed E-state index contributed by atoms with van der Waals surface area (Å²) in [6, 6.07) is 0.390. The van der Waals surface area contributed by atoms with Crippen LogP contribution in [0.5, 0.6) is 0 Å². The molecule has 0 bridgehead atoms. The van der Waals surface area contributed by atoms with Gasteiger partial charge in [0.25, 0.3) is 0 Å². The van der Waals surface area contributed by atoms with Crippen molar-refractivity contribution in [2.75, 3.05) is 0 Å². The molecule has 1 atom stereocenters. The van der Waals surface area contributed by atoms with E-state index >= 15 is 0 Å². The molecule has 76 valence electrons. The fourth-order valence-corrected chi connectivity index (χ4v) is 1.09. The minimum atomic E-state index is 0.0618. The number of hydrogen-bond donors (Lipinski definition) is 0. The van der Waals surface area contributed by atoms with Crippen molar-refractivity contribution < 1.29 is 0 Å². The quantitative estimate of drug-likeness (QED) is 0.323. The second kappa shape index (κ2) is 5.78. The maximum atomic E-state index is 4.39. The summed E-state index contributed by atoms with van der Waals surface area (Å²) in [6.45, 7) is 10.7. The van der Waals surface area contributed by atoms with Gasteiger partial charge in [0.1, 0.15) is 0 Å². The molecule has 1 nitrogen and oxygen atoms in total. The highest BCUT2D eigenvalue weighted by atomic mass is 127. The Kier molecular flexibility index (Phi) is 5.85. The molecule has 1 unspecified atom stereocenters. The number of aliphatic imine (C=N–C) groups is 1. The smallest absolute Gasteiger partial charge is 0.0719 e. The van der Waals surface area contributed by atoms with E-state index in [2.05, 4.69) is 74.4 Å². The second-order valence-corrected chi connectivity index (χ2v) is 6.45. The van der Waals surface area contributed by atoms with Crippen LogP contribution in [0.25, 0.3) is 0 Å². The van der Waals surface area contributed by atoms with Crippen molar-refractivity contribution in [3.8, 4) is 0 Å². The molecule has 0 rings (SSSR count). The van der Waals surface area contributed by atoms with E-state index in [1.165, 1.54) is 0 Å². The van der Waals surface area contributed by atoms with E-state index in [-0.39, 0.29) is 3.42 Å². The van der Waals surface area contributed by atoms with Crippen molar-refractivity contribution in [2.24, 2.45) is 10.9 Å². The van der Waals surface area contributed by atoms with Gasteiger partial charge in [-0.1, -0.05) is 48.6 Å². The lowest BCUT2D eigenvalue weighted by molar-refractivity contribution is 0.819. The lowest BCUT2D eigenvalue weighted by Crippen LogP contribution is -2.14. The van der Waals surface area contributed by atoms with Crippen LogP contribution in [-0.4, -0.2) is 15.7 Å². The molecule has 0 aliphatic heterocycles. The van der Waals surface area contributed by atoms with Crippen LogP contribution in [0.1, 0.15) is 34.6 Å². The van der Waals surface area contributed by atoms with Gasteiger partial charge in [-0.2, -0.15) is 0 Å². The second-order valence-electron chi connectivity index (χ2n) is 4.13. The number of nitrogens with zero attached hydrogens (tertiary/aromatic N) is 1. The van der Waals surface area contributed by atoms with Gasteiger partial charge in [0.05, 0.1) is 3.42 Å². The Hall–Kier alpha value is 0.140. The van der Waals surface area contributed by atoms with Gasteiger partial charge < -0.3 is 0 Å². The third kappa shape index (κ3) is 8.47. The molecule has 0 N–H and O–H groups in total. The van der Waals surface area contributed by atoms with E-state index < -0.39 is 0 Å². The number of halogens is 1. The zero-order valence-corrected chi connectivity index (χ0v) is 11.4. The van der Waals surface area contributed by atoms with Gasteiger partial charge in [-0.15, -0.1) is 0 Å². The van der Waals surface area contributed by atoms with Gasteiger partial charge in [-0.05, 0) is 26.7 Å². The van der Waals surface area contributed by atoms with Crippen LogP contribution in [0.15, 0.2) is 17.1 Å². The number of allylic oxidation sites excluding steroid dienone is 2. The molecule has 0 saturated heterocycles. The van der Waals surface area contributed by atoms with Crippen LogP contribution in [0.4, 0.5) is 0 Å². The fraction of sp³-hybridized carbons (Fsp3) is 0.727. The largest absolute Gasteiger partial charge is 0.293 e. The molecular weight excluding hydrogens is 273 g/mol. The van der Waals surface area contributed by atoms with Gasteiger partial charge in [0.15, 0.2) is 0 Å². The summed E-state index contributed by atoms with van der Waals surface area (Å²) in [7, 11) is 0. The van der Waals surface area contributed by atoms with Crippen LogP contribution in [0.3, 0.4) is 0 Å². The molecule has 0 aromatic carbocycles. The average molecular weight is 293 g/mol. The van der Waals surface area contributed by atoms with Crippen LogP contribution in [-0.2, 0) is 0 Å². The number of alkyl halides is 1. The zero-order chi connectivity index (χ0) is 10.5. The van der Waals surface area contributed by atoms with Crippen molar-refractivity contribution in [1.29, 1.82) is 0 Å². The SMILES string of the molecule is CC(C)/C=C\C(C)(I)C=NC(C)C. The van der Waals surface area contributed by atoms with E-state index in [4.69, 9.17) is 0 Å². The molecule has 0 radical (unpaired) electrons. The highest BCUT2D eigenvalue weighted by Crippen LogP contribution is 2.18. The summed E-state index contributed by atoms with van der Waals surface area (Å²) in [5.74, 6) is 0.613. The van der Waals surface area contributed by atoms with E-state index in [9.17, 15) is 0 Å². The third-order valence-corrected chi connectivity index (χ3v) is 2.07. The summed E-state index contributed by atoms with van der Waals surface area (Å²) in [5.41, 5.74) is 0. The molecule has 0 saturated carbocycles. The van der Waals surface area contributed by atoms with Crippen LogP contribution >= 0.6 is 22.6 Å². The first-order chi connectivity index (χ1) is 5.83. The summed E-state index contributed by atoms with van der Waals surface area (Å²) >= 11 is 2.41. The van der Waals surface area contributed by atoms with Crippen molar-refractivity contribution in [2.45, 2.75) is 44.1 Å². The molecule has 0 aliphatic rings. The van der Waals surface area contributed by atoms with Gasteiger partial charge in [-0.3, -0.25) is 4.99 Å². The standard InChI is InChI=1S/C11H20IN/c1-9(2)6-7-11(5,12)8-13-10(3)4/h6-10H,1-5H3/b7-6-,13-8?. The Morgan fingerprint density at radius 1 is 1.23 bits per heavy atom. The van der Waals surface area contributed by atoms with Gasteiger partial charge in [-0.25, -0.2) is 0 Å². The Morgan fingerprint density at radius 3 is 2.15 bits per heavy atom. The molecule has 2 heteroatoms. The Labute approximate surface area is 95.9 Å². The minimum Gasteiger partial charge on any atom is -0.293 e. The maximum absolute atomic E-state index is 4.39. The summed E-state index contributed by atoms with van der Waals surface area (Å²) in [5, 5.41) is 0. The molecule has 0 aliphatic carbocycles.